The highest BCUT2D eigenvalue weighted by atomic mass is 35.5. The summed E-state index contributed by atoms with van der Waals surface area (Å²) in [7, 11) is 1.56. The molecule has 0 unspecified atom stereocenters. The second-order valence-electron chi connectivity index (χ2n) is 5.97. The molecule has 1 aromatic heterocycles. The van der Waals surface area contributed by atoms with Crippen molar-refractivity contribution in [1.29, 1.82) is 0 Å². The van der Waals surface area contributed by atoms with Crippen LogP contribution < -0.4 is 10.1 Å². The molecule has 0 bridgehead atoms. The number of hydrogen-bond donors (Lipinski definition) is 1. The summed E-state index contributed by atoms with van der Waals surface area (Å²) in [6, 6.07) is 14.8. The maximum Gasteiger partial charge on any atom is 0.255 e. The molecule has 1 N–H and O–H groups in total. The second-order valence-corrected chi connectivity index (χ2v) is 6.40. The van der Waals surface area contributed by atoms with Crippen molar-refractivity contribution in [2.45, 2.75) is 13.0 Å². The summed E-state index contributed by atoms with van der Waals surface area (Å²) in [6.45, 7) is 2.33. The van der Waals surface area contributed by atoms with E-state index in [2.05, 4.69) is 10.4 Å². The summed E-state index contributed by atoms with van der Waals surface area (Å²) in [6.07, 6.45) is 3.59. The molecule has 0 aliphatic heterocycles. The van der Waals surface area contributed by atoms with E-state index < -0.39 is 0 Å². The number of carbonyl (C=O) groups is 1. The van der Waals surface area contributed by atoms with Crippen LogP contribution in [0.25, 0.3) is 0 Å². The van der Waals surface area contributed by atoms with E-state index in [0.29, 0.717) is 22.9 Å². The minimum absolute atomic E-state index is 0.137. The number of nitrogens with one attached hydrogen (secondary N) is 1. The average Bonchev–Trinajstić information content (AvgIpc) is 3.17. The zero-order valence-electron chi connectivity index (χ0n) is 14.6. The molecule has 0 saturated heterocycles. The number of aryl methyl sites for hydroxylation is 1. The van der Waals surface area contributed by atoms with Gasteiger partial charge >= 0.3 is 0 Å². The monoisotopic (exact) mass is 369 g/mol. The minimum atomic E-state index is -0.184. The van der Waals surface area contributed by atoms with Crippen LogP contribution in [0.3, 0.4) is 0 Å². The molecule has 0 fully saturated rings. The van der Waals surface area contributed by atoms with Crippen molar-refractivity contribution in [2.75, 3.05) is 13.7 Å². The number of methoxy groups -OCH3 is 1. The largest absolute Gasteiger partial charge is 0.496 e. The zero-order chi connectivity index (χ0) is 18.5. The molecule has 134 valence electrons. The van der Waals surface area contributed by atoms with E-state index in [-0.39, 0.29) is 11.9 Å². The second kappa shape index (κ2) is 8.06. The highest BCUT2D eigenvalue weighted by Gasteiger charge is 2.18. The van der Waals surface area contributed by atoms with Gasteiger partial charge in [-0.15, -0.1) is 0 Å². The SMILES string of the molecule is COc1ccc(C)cc1C(=O)NC[C@@H](c1ccc(Cl)cc1)n1cccn1. The molecule has 1 amide bonds. The molecule has 0 radical (unpaired) electrons. The third kappa shape index (κ3) is 4.06. The minimum Gasteiger partial charge on any atom is -0.496 e. The summed E-state index contributed by atoms with van der Waals surface area (Å²) in [5.41, 5.74) is 2.52. The number of carbonyl (C=O) groups excluding carboxylic acids is 1. The lowest BCUT2D eigenvalue weighted by atomic mass is 10.1. The van der Waals surface area contributed by atoms with Crippen LogP contribution in [0, 0.1) is 6.92 Å². The number of nitrogens with zero attached hydrogens (tertiary/aromatic N) is 2. The molecule has 0 aliphatic carbocycles. The predicted octanol–water partition coefficient (Wildman–Crippen LogP) is 3.87. The first-order valence-electron chi connectivity index (χ1n) is 8.26. The number of aromatic nitrogens is 2. The van der Waals surface area contributed by atoms with Crippen LogP contribution in [0.4, 0.5) is 0 Å². The van der Waals surface area contributed by atoms with E-state index in [1.54, 1.807) is 19.4 Å². The molecule has 2 aromatic carbocycles. The number of rotatable bonds is 6. The Morgan fingerprint density at radius 2 is 2.04 bits per heavy atom. The first kappa shape index (κ1) is 18.0. The lowest BCUT2D eigenvalue weighted by Crippen LogP contribution is -2.31. The fourth-order valence-electron chi connectivity index (χ4n) is 2.80. The maximum atomic E-state index is 12.7. The number of amides is 1. The van der Waals surface area contributed by atoms with Crippen molar-refractivity contribution in [3.8, 4) is 5.75 Å². The molecule has 0 saturated carbocycles. The third-order valence-corrected chi connectivity index (χ3v) is 4.41. The maximum absolute atomic E-state index is 12.7. The summed E-state index contributed by atoms with van der Waals surface area (Å²) in [5, 5.41) is 7.98. The molecule has 0 spiro atoms. The van der Waals surface area contributed by atoms with Crippen molar-refractivity contribution >= 4 is 17.5 Å². The Morgan fingerprint density at radius 1 is 1.27 bits per heavy atom. The summed E-state index contributed by atoms with van der Waals surface area (Å²) >= 11 is 5.99. The number of halogens is 1. The summed E-state index contributed by atoms with van der Waals surface area (Å²) in [5.74, 6) is 0.368. The Bertz CT molecular complexity index is 877. The van der Waals surface area contributed by atoms with Gasteiger partial charge < -0.3 is 10.1 Å². The van der Waals surface area contributed by atoms with Gasteiger partial charge in [0.15, 0.2) is 0 Å². The number of hydrogen-bond acceptors (Lipinski definition) is 3. The lowest BCUT2D eigenvalue weighted by molar-refractivity contribution is 0.0946. The van der Waals surface area contributed by atoms with Crippen molar-refractivity contribution in [1.82, 2.24) is 15.1 Å². The molecule has 26 heavy (non-hydrogen) atoms. The van der Waals surface area contributed by atoms with Crippen LogP contribution in [-0.2, 0) is 0 Å². The van der Waals surface area contributed by atoms with E-state index in [9.17, 15) is 4.79 Å². The van der Waals surface area contributed by atoms with Gasteiger partial charge in [-0.25, -0.2) is 0 Å². The molecule has 1 atom stereocenters. The van der Waals surface area contributed by atoms with Crippen molar-refractivity contribution in [2.24, 2.45) is 0 Å². The molecule has 0 aliphatic rings. The van der Waals surface area contributed by atoms with Gasteiger partial charge in [0.1, 0.15) is 5.75 Å². The van der Waals surface area contributed by atoms with Crippen LogP contribution in [0.1, 0.15) is 27.5 Å². The van der Waals surface area contributed by atoms with E-state index in [1.165, 1.54) is 0 Å². The van der Waals surface area contributed by atoms with E-state index in [0.717, 1.165) is 11.1 Å². The van der Waals surface area contributed by atoms with Gasteiger partial charge in [-0.3, -0.25) is 9.48 Å². The normalized spacial score (nSPS) is 11.8. The summed E-state index contributed by atoms with van der Waals surface area (Å²) in [4.78, 5) is 12.7. The van der Waals surface area contributed by atoms with Crippen LogP contribution >= 0.6 is 11.6 Å². The Labute approximate surface area is 157 Å². The molecular formula is C20H20ClN3O2. The highest BCUT2D eigenvalue weighted by molar-refractivity contribution is 6.30. The first-order chi connectivity index (χ1) is 12.6. The molecule has 3 rings (SSSR count). The Kier molecular flexibility index (Phi) is 5.58. The third-order valence-electron chi connectivity index (χ3n) is 4.15. The molecule has 3 aromatic rings. The Morgan fingerprint density at radius 3 is 2.69 bits per heavy atom. The van der Waals surface area contributed by atoms with E-state index >= 15 is 0 Å². The van der Waals surface area contributed by atoms with Crippen molar-refractivity contribution in [3.63, 3.8) is 0 Å². The standard InChI is InChI=1S/C20H20ClN3O2/c1-14-4-9-19(26-2)17(12-14)20(25)22-13-18(24-11-3-10-23-24)15-5-7-16(21)8-6-15/h3-12,18H,13H2,1-2H3,(H,22,25)/t18-/m0/s1. The van der Waals surface area contributed by atoms with E-state index in [1.807, 2.05) is 60.3 Å². The van der Waals surface area contributed by atoms with Gasteiger partial charge in [-0.1, -0.05) is 35.4 Å². The van der Waals surface area contributed by atoms with Gasteiger partial charge in [0, 0.05) is 24.0 Å². The lowest BCUT2D eigenvalue weighted by Gasteiger charge is -2.19. The van der Waals surface area contributed by atoms with Crippen molar-refractivity contribution in [3.05, 3.63) is 82.6 Å². The topological polar surface area (TPSA) is 56.1 Å². The number of benzene rings is 2. The Hall–Kier alpha value is -2.79. The van der Waals surface area contributed by atoms with Gasteiger partial charge in [-0.2, -0.15) is 5.10 Å². The Balaban J connectivity index is 1.81. The van der Waals surface area contributed by atoms with Gasteiger partial charge in [0.2, 0.25) is 0 Å². The van der Waals surface area contributed by atoms with Gasteiger partial charge in [0.05, 0.1) is 18.7 Å². The fourth-order valence-corrected chi connectivity index (χ4v) is 2.92. The van der Waals surface area contributed by atoms with Crippen molar-refractivity contribution < 1.29 is 9.53 Å². The van der Waals surface area contributed by atoms with Crippen LogP contribution in [0.5, 0.6) is 5.75 Å². The van der Waals surface area contributed by atoms with Crippen LogP contribution in [-0.4, -0.2) is 29.3 Å². The predicted molar refractivity (Wildman–Crippen MR) is 102 cm³/mol. The average molecular weight is 370 g/mol. The quantitative estimate of drug-likeness (QED) is 0.717. The van der Waals surface area contributed by atoms with Crippen LogP contribution in [0.15, 0.2) is 60.9 Å². The smallest absolute Gasteiger partial charge is 0.255 e. The molecule has 1 heterocycles. The number of ether oxygens (including phenoxy) is 1. The van der Waals surface area contributed by atoms with E-state index in [4.69, 9.17) is 16.3 Å². The fraction of sp³-hybridized carbons (Fsp3) is 0.200. The first-order valence-corrected chi connectivity index (χ1v) is 8.63. The highest BCUT2D eigenvalue weighted by Crippen LogP contribution is 2.22. The zero-order valence-corrected chi connectivity index (χ0v) is 15.4. The summed E-state index contributed by atoms with van der Waals surface area (Å²) < 4.78 is 7.12. The molecular weight excluding hydrogens is 350 g/mol. The molecule has 6 heteroatoms. The van der Waals surface area contributed by atoms with Gasteiger partial charge in [0.25, 0.3) is 5.91 Å². The van der Waals surface area contributed by atoms with Gasteiger partial charge in [-0.05, 0) is 42.8 Å². The van der Waals surface area contributed by atoms with Crippen LogP contribution in [0.2, 0.25) is 5.02 Å². The molecule has 5 nitrogen and oxygen atoms in total.